The van der Waals surface area contributed by atoms with Gasteiger partial charge in [-0.1, -0.05) is 0 Å². The average molecular weight is 379 g/mol. The highest BCUT2D eigenvalue weighted by atomic mass is 32.2. The first-order valence-electron chi connectivity index (χ1n) is 7.13. The summed E-state index contributed by atoms with van der Waals surface area (Å²) in [6, 6.07) is 5.08. The summed E-state index contributed by atoms with van der Waals surface area (Å²) >= 11 is 0. The summed E-state index contributed by atoms with van der Waals surface area (Å²) in [6.45, 7) is 2.99. The topological polar surface area (TPSA) is 176 Å². The molecule has 2 heterocycles. The normalized spacial score (nSPS) is 12.7. The van der Waals surface area contributed by atoms with Crippen molar-refractivity contribution in [3.05, 3.63) is 51.5 Å². The fraction of sp³-hybridized carbons (Fsp3) is 0.154. The van der Waals surface area contributed by atoms with Gasteiger partial charge in [-0.2, -0.15) is 5.10 Å². The number of nitrogens with two attached hydrogens (primary N) is 1. The summed E-state index contributed by atoms with van der Waals surface area (Å²) in [5, 5.41) is 35.3. The zero-order valence-corrected chi connectivity index (χ0v) is 14.4. The third-order valence-electron chi connectivity index (χ3n) is 3.56. The van der Waals surface area contributed by atoms with Crippen LogP contribution in [0.5, 0.6) is 0 Å². The Balaban J connectivity index is 2.09. The van der Waals surface area contributed by atoms with Gasteiger partial charge in [0, 0.05) is 17.5 Å². The number of aromatic nitrogens is 4. The van der Waals surface area contributed by atoms with E-state index < -0.39 is 20.8 Å². The molecule has 136 valence electrons. The molecule has 0 amide bonds. The Morgan fingerprint density at radius 2 is 1.96 bits per heavy atom. The molecule has 0 saturated heterocycles. The standard InChI is InChI=1S/C13H13N7O5S/c1-7-11(18-17-8(2)13(20(22)23)19(18)16-7)12(21)15-9-3-5-10(6-4-9)26(14,24)25/h3-6H,1-2H3,(H3-,14,15,16,17,21,24,25). The minimum atomic E-state index is -3.85. The van der Waals surface area contributed by atoms with Crippen molar-refractivity contribution in [2.75, 3.05) is 0 Å². The highest BCUT2D eigenvalue weighted by Gasteiger charge is 2.33. The Labute approximate surface area is 146 Å². The van der Waals surface area contributed by atoms with Gasteiger partial charge in [-0.05, 0) is 36.1 Å². The molecule has 0 aliphatic heterocycles. The number of aromatic amines is 1. The summed E-state index contributed by atoms with van der Waals surface area (Å²) in [5.41, 5.74) is 0.657. The number of fused-ring (bicyclic) bond motifs is 1. The van der Waals surface area contributed by atoms with Gasteiger partial charge in [0.25, 0.3) is 11.4 Å². The summed E-state index contributed by atoms with van der Waals surface area (Å²) in [7, 11) is -3.85. The number of nitrogens with zero attached hydrogens (tertiary/aromatic N) is 5. The summed E-state index contributed by atoms with van der Waals surface area (Å²) in [4.78, 5) is 14.3. The third-order valence-corrected chi connectivity index (χ3v) is 4.49. The van der Waals surface area contributed by atoms with Crippen molar-refractivity contribution >= 4 is 27.4 Å². The lowest BCUT2D eigenvalue weighted by Gasteiger charge is -2.05. The van der Waals surface area contributed by atoms with Crippen LogP contribution in [-0.4, -0.2) is 34.1 Å². The van der Waals surface area contributed by atoms with Crippen molar-refractivity contribution in [3.63, 3.8) is 0 Å². The van der Waals surface area contributed by atoms with E-state index in [0.29, 0.717) is 0 Å². The average Bonchev–Trinajstić information content (AvgIpc) is 2.98. The molecule has 0 aliphatic carbocycles. The molecule has 3 N–H and O–H groups in total. The number of primary sulfonamides is 1. The Bertz CT molecular complexity index is 1160. The predicted molar refractivity (Wildman–Crippen MR) is 85.3 cm³/mol. The lowest BCUT2D eigenvalue weighted by Crippen LogP contribution is -2.39. The predicted octanol–water partition coefficient (Wildman–Crippen LogP) is -1.14. The van der Waals surface area contributed by atoms with E-state index in [1.54, 1.807) is 0 Å². The van der Waals surface area contributed by atoms with Crippen LogP contribution in [0.25, 0.3) is 0 Å². The van der Waals surface area contributed by atoms with Crippen LogP contribution in [0.4, 0.5) is 11.5 Å². The first-order chi connectivity index (χ1) is 12.1. The van der Waals surface area contributed by atoms with E-state index in [9.17, 15) is 23.6 Å². The van der Waals surface area contributed by atoms with Crippen LogP contribution >= 0.6 is 0 Å². The molecule has 0 unspecified atom stereocenters. The van der Waals surface area contributed by atoms with Crippen molar-refractivity contribution in [2.45, 2.75) is 18.7 Å². The van der Waals surface area contributed by atoms with Gasteiger partial charge in [-0.15, -0.1) is 0 Å². The molecule has 3 aromatic rings. The number of nitro groups is 1. The van der Waals surface area contributed by atoms with Gasteiger partial charge in [-0.25, -0.2) is 13.6 Å². The molecule has 26 heavy (non-hydrogen) atoms. The largest absolute Gasteiger partial charge is 0.855 e. The second kappa shape index (κ2) is 5.89. The van der Waals surface area contributed by atoms with Crippen molar-refractivity contribution in [2.24, 2.45) is 10.1 Å². The highest BCUT2D eigenvalue weighted by molar-refractivity contribution is 7.89. The lowest BCUT2D eigenvalue weighted by atomic mass is 10.3. The number of aliphatic imine (C=N–C) groups is 1. The Hall–Kier alpha value is -3.32. The van der Waals surface area contributed by atoms with E-state index in [0.717, 1.165) is 9.26 Å². The summed E-state index contributed by atoms with van der Waals surface area (Å²) < 4.78 is 24.6. The molecule has 12 nitrogen and oxygen atoms in total. The number of sulfonamides is 1. The van der Waals surface area contributed by atoms with Crippen molar-refractivity contribution < 1.29 is 23.1 Å². The third kappa shape index (κ3) is 2.89. The highest BCUT2D eigenvalue weighted by Crippen LogP contribution is 2.17. The number of hydrogen-bond donors (Lipinski definition) is 2. The van der Waals surface area contributed by atoms with Gasteiger partial charge in [0.1, 0.15) is 5.10 Å². The fourth-order valence-electron chi connectivity index (χ4n) is 2.42. The van der Waals surface area contributed by atoms with E-state index >= 15 is 0 Å². The van der Waals surface area contributed by atoms with E-state index in [4.69, 9.17) is 5.14 Å². The maximum atomic E-state index is 12.5. The second-order valence-corrected chi connectivity index (χ2v) is 6.97. The molecule has 3 rings (SSSR count). The maximum Gasteiger partial charge on any atom is 0.436 e. The molecular weight excluding hydrogens is 366 g/mol. The monoisotopic (exact) mass is 379 g/mol. The number of aryl methyl sites for hydroxylation is 2. The number of nitrogens with one attached hydrogen (secondary N) is 1. The molecule has 0 aliphatic rings. The van der Waals surface area contributed by atoms with Crippen molar-refractivity contribution in [3.8, 4) is 0 Å². The smallest absolute Gasteiger partial charge is 0.436 e. The first-order valence-corrected chi connectivity index (χ1v) is 8.68. The van der Waals surface area contributed by atoms with Gasteiger partial charge in [-0.3, -0.25) is 4.99 Å². The molecule has 0 fully saturated rings. The molecule has 0 atom stereocenters. The van der Waals surface area contributed by atoms with Crippen LogP contribution in [0.2, 0.25) is 0 Å². The zero-order chi connectivity index (χ0) is 19.2. The Kier molecular flexibility index (Phi) is 3.96. The van der Waals surface area contributed by atoms with Crippen molar-refractivity contribution in [1.82, 2.24) is 14.8 Å². The molecule has 0 spiro atoms. The molecule has 0 saturated carbocycles. The minimum absolute atomic E-state index is 0.0109. The molecule has 0 radical (unpaired) electrons. The van der Waals surface area contributed by atoms with Crippen LogP contribution in [0, 0.1) is 24.0 Å². The molecule has 13 heteroatoms. The van der Waals surface area contributed by atoms with E-state index in [-0.39, 0.29) is 33.5 Å². The van der Waals surface area contributed by atoms with Crippen molar-refractivity contribution in [1.29, 1.82) is 0 Å². The fourth-order valence-corrected chi connectivity index (χ4v) is 2.94. The molecule has 0 bridgehead atoms. The minimum Gasteiger partial charge on any atom is -0.855 e. The lowest BCUT2D eigenvalue weighted by molar-refractivity contribution is -0.683. The van der Waals surface area contributed by atoms with Crippen LogP contribution in [0.3, 0.4) is 0 Å². The first kappa shape index (κ1) is 17.5. The van der Waals surface area contributed by atoms with Crippen LogP contribution in [0.15, 0.2) is 34.2 Å². The van der Waals surface area contributed by atoms with Gasteiger partial charge < -0.3 is 15.2 Å². The Morgan fingerprint density at radius 3 is 2.50 bits per heavy atom. The molecule has 1 aromatic carbocycles. The zero-order valence-electron chi connectivity index (χ0n) is 13.6. The maximum absolute atomic E-state index is 12.5. The van der Waals surface area contributed by atoms with E-state index in [1.807, 2.05) is 0 Å². The summed E-state index contributed by atoms with van der Waals surface area (Å²) in [6.07, 6.45) is 0. The quantitative estimate of drug-likeness (QED) is 0.190. The van der Waals surface area contributed by atoms with Gasteiger partial charge in [0.15, 0.2) is 10.3 Å². The van der Waals surface area contributed by atoms with Gasteiger partial charge in [0.2, 0.25) is 10.0 Å². The van der Waals surface area contributed by atoms with E-state index in [2.05, 4.69) is 15.2 Å². The van der Waals surface area contributed by atoms with Crippen LogP contribution in [0.1, 0.15) is 17.1 Å². The van der Waals surface area contributed by atoms with Crippen LogP contribution in [-0.2, 0) is 10.0 Å². The SMILES string of the molecule is Cc1nn2c([N+](=O)[O-])c(C)[nH][n+]2c1C([O-])=Nc1ccc(S(N)(=O)=O)cc1. The molecule has 2 aromatic heterocycles. The van der Waals surface area contributed by atoms with Gasteiger partial charge in [0.05, 0.1) is 10.6 Å². The molecular formula is C13H13N7O5S. The van der Waals surface area contributed by atoms with Crippen LogP contribution < -0.4 is 14.9 Å². The number of hydrogen-bond acceptors (Lipinski definition) is 7. The Morgan fingerprint density at radius 1 is 1.35 bits per heavy atom. The summed E-state index contributed by atoms with van der Waals surface area (Å²) in [5.74, 6) is -1.01. The van der Waals surface area contributed by atoms with E-state index in [1.165, 1.54) is 38.1 Å². The van der Waals surface area contributed by atoms with Gasteiger partial charge >= 0.3 is 5.82 Å². The number of H-pyrrole nitrogens is 1. The number of rotatable bonds is 4. The number of benzene rings is 1. The second-order valence-electron chi connectivity index (χ2n) is 5.41.